The van der Waals surface area contributed by atoms with E-state index in [0.29, 0.717) is 5.92 Å². The van der Waals surface area contributed by atoms with Crippen molar-refractivity contribution in [2.75, 3.05) is 6.54 Å². The van der Waals surface area contributed by atoms with Gasteiger partial charge in [-0.3, -0.25) is 0 Å². The molecule has 3 nitrogen and oxygen atoms in total. The molecule has 0 aliphatic heterocycles. The zero-order valence-corrected chi connectivity index (χ0v) is 12.2. The molecular formula is C16H22N2O. The summed E-state index contributed by atoms with van der Waals surface area (Å²) in [5, 5.41) is 7.36. The highest BCUT2D eigenvalue weighted by atomic mass is 16.5. The molecule has 1 aromatic carbocycles. The van der Waals surface area contributed by atoms with Crippen LogP contribution < -0.4 is 5.32 Å². The quantitative estimate of drug-likeness (QED) is 0.888. The summed E-state index contributed by atoms with van der Waals surface area (Å²) in [6, 6.07) is 6.37. The number of nitrogens with one attached hydrogen (secondary N) is 1. The fraction of sp³-hybridized carbons (Fsp3) is 0.438. The summed E-state index contributed by atoms with van der Waals surface area (Å²) in [4.78, 5) is 0. The minimum absolute atomic E-state index is 0.643. The predicted molar refractivity (Wildman–Crippen MR) is 78.0 cm³/mol. The van der Waals surface area contributed by atoms with E-state index >= 15 is 0 Å². The number of hydrogen-bond donors (Lipinski definition) is 1. The molecule has 1 heterocycles. The van der Waals surface area contributed by atoms with Crippen molar-refractivity contribution in [3.8, 4) is 11.3 Å². The third kappa shape index (κ3) is 3.44. The maximum atomic E-state index is 5.41. The van der Waals surface area contributed by atoms with Gasteiger partial charge in [0.15, 0.2) is 5.76 Å². The van der Waals surface area contributed by atoms with Gasteiger partial charge in [-0.2, -0.15) is 0 Å². The van der Waals surface area contributed by atoms with Crippen molar-refractivity contribution in [2.24, 2.45) is 5.92 Å². The average molecular weight is 258 g/mol. The highest BCUT2D eigenvalue weighted by molar-refractivity contribution is 5.62. The number of aromatic nitrogens is 1. The molecule has 0 bridgehead atoms. The number of benzene rings is 1. The smallest absolute Gasteiger partial charge is 0.171 e. The topological polar surface area (TPSA) is 38.1 Å². The van der Waals surface area contributed by atoms with E-state index in [4.69, 9.17) is 4.52 Å². The molecule has 0 fully saturated rings. The minimum atomic E-state index is 0.643. The van der Waals surface area contributed by atoms with Crippen LogP contribution in [0.1, 0.15) is 30.5 Å². The molecule has 0 amide bonds. The van der Waals surface area contributed by atoms with Crippen LogP contribution in [0.25, 0.3) is 11.3 Å². The monoisotopic (exact) mass is 258 g/mol. The lowest BCUT2D eigenvalue weighted by Crippen LogP contribution is -2.18. The molecule has 0 saturated heterocycles. The molecule has 1 aromatic heterocycles. The molecule has 102 valence electrons. The minimum Gasteiger partial charge on any atom is -0.356 e. The van der Waals surface area contributed by atoms with Crippen molar-refractivity contribution in [1.29, 1.82) is 0 Å². The first-order valence-electron chi connectivity index (χ1n) is 6.80. The standard InChI is InChI=1S/C16H22N2O/c1-11(2)8-17-9-15-10-18-19-16(15)14-6-5-12(3)13(4)7-14/h5-7,10-11,17H,8-9H2,1-4H3. The lowest BCUT2D eigenvalue weighted by atomic mass is 10.0. The van der Waals surface area contributed by atoms with E-state index in [-0.39, 0.29) is 0 Å². The molecule has 0 unspecified atom stereocenters. The Labute approximate surface area is 115 Å². The first kappa shape index (κ1) is 13.8. The van der Waals surface area contributed by atoms with Gasteiger partial charge in [0, 0.05) is 17.7 Å². The summed E-state index contributed by atoms with van der Waals surface area (Å²) in [6.07, 6.45) is 1.80. The summed E-state index contributed by atoms with van der Waals surface area (Å²) in [5.41, 5.74) is 4.78. The first-order valence-corrected chi connectivity index (χ1v) is 6.80. The van der Waals surface area contributed by atoms with Gasteiger partial charge < -0.3 is 9.84 Å². The second-order valence-electron chi connectivity index (χ2n) is 5.50. The number of nitrogens with zero attached hydrogens (tertiary/aromatic N) is 1. The van der Waals surface area contributed by atoms with Crippen LogP contribution in [0.15, 0.2) is 28.9 Å². The van der Waals surface area contributed by atoms with Gasteiger partial charge in [0.1, 0.15) is 0 Å². The Hall–Kier alpha value is -1.61. The number of aryl methyl sites for hydroxylation is 2. The highest BCUT2D eigenvalue weighted by Gasteiger charge is 2.11. The average Bonchev–Trinajstić information content (AvgIpc) is 2.80. The molecular weight excluding hydrogens is 236 g/mol. The SMILES string of the molecule is Cc1ccc(-c2oncc2CNCC(C)C)cc1C. The second-order valence-corrected chi connectivity index (χ2v) is 5.50. The van der Waals surface area contributed by atoms with Crippen molar-refractivity contribution in [2.45, 2.75) is 34.2 Å². The van der Waals surface area contributed by atoms with E-state index in [2.05, 4.69) is 56.4 Å². The fourth-order valence-corrected chi connectivity index (χ4v) is 2.00. The van der Waals surface area contributed by atoms with Gasteiger partial charge in [0.05, 0.1) is 6.20 Å². The van der Waals surface area contributed by atoms with Gasteiger partial charge in [-0.25, -0.2) is 0 Å². The van der Waals surface area contributed by atoms with E-state index in [1.165, 1.54) is 11.1 Å². The third-order valence-electron chi connectivity index (χ3n) is 3.28. The molecule has 0 aliphatic carbocycles. The number of hydrogen-bond acceptors (Lipinski definition) is 3. The van der Waals surface area contributed by atoms with Crippen molar-refractivity contribution in [3.63, 3.8) is 0 Å². The van der Waals surface area contributed by atoms with Crippen LogP contribution >= 0.6 is 0 Å². The van der Waals surface area contributed by atoms with Crippen LogP contribution in [0.3, 0.4) is 0 Å². The van der Waals surface area contributed by atoms with Gasteiger partial charge in [0.2, 0.25) is 0 Å². The largest absolute Gasteiger partial charge is 0.356 e. The Kier molecular flexibility index (Phi) is 4.38. The van der Waals surface area contributed by atoms with Crippen LogP contribution in [0.5, 0.6) is 0 Å². The Bertz CT molecular complexity index is 543. The Morgan fingerprint density at radius 3 is 2.68 bits per heavy atom. The van der Waals surface area contributed by atoms with Crippen molar-refractivity contribution >= 4 is 0 Å². The molecule has 0 saturated carbocycles. The van der Waals surface area contributed by atoms with Crippen molar-refractivity contribution in [1.82, 2.24) is 10.5 Å². The second kappa shape index (κ2) is 6.02. The summed E-state index contributed by atoms with van der Waals surface area (Å²) >= 11 is 0. The van der Waals surface area contributed by atoms with Gasteiger partial charge in [-0.15, -0.1) is 0 Å². The van der Waals surface area contributed by atoms with E-state index in [1.54, 1.807) is 6.20 Å². The summed E-state index contributed by atoms with van der Waals surface area (Å²) in [6.45, 7) is 10.4. The Balaban J connectivity index is 2.16. The van der Waals surface area contributed by atoms with Crippen molar-refractivity contribution in [3.05, 3.63) is 41.1 Å². The fourth-order valence-electron chi connectivity index (χ4n) is 2.00. The van der Waals surface area contributed by atoms with E-state index in [0.717, 1.165) is 30.0 Å². The third-order valence-corrected chi connectivity index (χ3v) is 3.28. The molecule has 1 N–H and O–H groups in total. The van der Waals surface area contributed by atoms with Crippen LogP contribution in [-0.2, 0) is 6.54 Å². The number of rotatable bonds is 5. The highest BCUT2D eigenvalue weighted by Crippen LogP contribution is 2.25. The molecule has 2 rings (SSSR count). The first-order chi connectivity index (χ1) is 9.08. The van der Waals surface area contributed by atoms with E-state index in [1.807, 2.05) is 0 Å². The van der Waals surface area contributed by atoms with E-state index < -0.39 is 0 Å². The van der Waals surface area contributed by atoms with Crippen LogP contribution in [0, 0.1) is 19.8 Å². The Morgan fingerprint density at radius 2 is 2.00 bits per heavy atom. The van der Waals surface area contributed by atoms with Gasteiger partial charge in [-0.1, -0.05) is 31.1 Å². The molecule has 0 atom stereocenters. The lowest BCUT2D eigenvalue weighted by Gasteiger charge is -2.07. The maximum absolute atomic E-state index is 5.41. The zero-order valence-electron chi connectivity index (χ0n) is 12.2. The Morgan fingerprint density at radius 1 is 1.21 bits per heavy atom. The molecule has 0 spiro atoms. The van der Waals surface area contributed by atoms with Crippen LogP contribution in [0.2, 0.25) is 0 Å². The van der Waals surface area contributed by atoms with Crippen LogP contribution in [0.4, 0.5) is 0 Å². The predicted octanol–water partition coefficient (Wildman–Crippen LogP) is 3.70. The molecule has 2 aromatic rings. The zero-order chi connectivity index (χ0) is 13.8. The van der Waals surface area contributed by atoms with Crippen LogP contribution in [-0.4, -0.2) is 11.7 Å². The molecule has 0 radical (unpaired) electrons. The molecule has 0 aliphatic rings. The van der Waals surface area contributed by atoms with Gasteiger partial charge in [0.25, 0.3) is 0 Å². The summed E-state index contributed by atoms with van der Waals surface area (Å²) in [5.74, 6) is 1.52. The summed E-state index contributed by atoms with van der Waals surface area (Å²) < 4.78 is 5.41. The van der Waals surface area contributed by atoms with Gasteiger partial charge >= 0.3 is 0 Å². The van der Waals surface area contributed by atoms with Crippen molar-refractivity contribution < 1.29 is 4.52 Å². The summed E-state index contributed by atoms with van der Waals surface area (Å²) in [7, 11) is 0. The van der Waals surface area contributed by atoms with Gasteiger partial charge in [-0.05, 0) is 43.5 Å². The van der Waals surface area contributed by atoms with E-state index in [9.17, 15) is 0 Å². The molecule has 3 heteroatoms. The lowest BCUT2D eigenvalue weighted by molar-refractivity contribution is 0.431. The normalized spacial score (nSPS) is 11.2. The molecule has 19 heavy (non-hydrogen) atoms. The maximum Gasteiger partial charge on any atom is 0.171 e.